The van der Waals surface area contributed by atoms with Crippen LogP contribution in [0.1, 0.15) is 34.6 Å². The van der Waals surface area contributed by atoms with Crippen LogP contribution in [0.3, 0.4) is 0 Å². The van der Waals surface area contributed by atoms with E-state index in [9.17, 15) is 27.2 Å². The second-order valence-corrected chi connectivity index (χ2v) is 14.8. The standard InChI is InChI=1S/C23H23F2N5O2.C18H13F2N3O3.C5H12N2/c1-15-14-30(11-10-26-15)21(31)17-2-6-19(7-3-17)29-23-27-12-18(13-28-23)16-4-8-20(9-5-16)32-22(24)25;19-17(20)26-15-7-3-11(4-8-15)13-9-21-18(22-10-13)23-14-5-1-12(2-6-14)16(24)25;1-5-4-6-2-3-7-5/h2-9,12-13,15,22,26H,10-11,14H2,1H3,(H,27,28,29);1-10,17H,(H,24,25)(H,21,22,23);5-7H,2-4H2,1H3. The summed E-state index contributed by atoms with van der Waals surface area (Å²) in [4.78, 5) is 42.3. The van der Waals surface area contributed by atoms with Crippen LogP contribution in [0.5, 0.6) is 11.5 Å². The average Bonchev–Trinajstić information content (AvgIpc) is 3.31. The Kier molecular flexibility index (Phi) is 17.1. The van der Waals surface area contributed by atoms with Crippen LogP contribution in [0, 0.1) is 0 Å². The molecule has 6 N–H and O–H groups in total. The van der Waals surface area contributed by atoms with E-state index in [0.717, 1.165) is 48.6 Å². The van der Waals surface area contributed by atoms with E-state index < -0.39 is 19.2 Å². The largest absolute Gasteiger partial charge is 0.478 e. The fourth-order valence-corrected chi connectivity index (χ4v) is 6.49. The monoisotopic (exact) mass is 896 g/mol. The van der Waals surface area contributed by atoms with Gasteiger partial charge in [-0.25, -0.2) is 24.7 Å². The minimum absolute atomic E-state index is 0.0236. The molecule has 0 bridgehead atoms. The van der Waals surface area contributed by atoms with Crippen molar-refractivity contribution in [2.24, 2.45) is 0 Å². The molecule has 19 heteroatoms. The average molecular weight is 897 g/mol. The molecule has 2 aliphatic rings. The summed E-state index contributed by atoms with van der Waals surface area (Å²) in [6, 6.07) is 26.8. The van der Waals surface area contributed by atoms with E-state index in [0.29, 0.717) is 47.8 Å². The van der Waals surface area contributed by atoms with E-state index >= 15 is 0 Å². The predicted octanol–water partition coefficient (Wildman–Crippen LogP) is 7.68. The van der Waals surface area contributed by atoms with Gasteiger partial charge in [0.15, 0.2) is 0 Å². The molecule has 65 heavy (non-hydrogen) atoms. The third-order valence-electron chi connectivity index (χ3n) is 9.81. The van der Waals surface area contributed by atoms with Gasteiger partial charge in [0, 0.05) is 104 Å². The van der Waals surface area contributed by atoms with Gasteiger partial charge in [0.05, 0.1) is 5.56 Å². The SMILES string of the molecule is CC1CN(C(=O)c2ccc(Nc3ncc(-c4ccc(OC(F)F)cc4)cn3)cc2)CCN1.CC1CNCCN1.O=C(O)c1ccc(Nc2ncc(-c3ccc(OC(F)F)cc3)cn2)cc1. The van der Waals surface area contributed by atoms with Crippen molar-refractivity contribution < 1.29 is 41.7 Å². The van der Waals surface area contributed by atoms with E-state index in [1.54, 1.807) is 73.3 Å². The zero-order valence-electron chi connectivity index (χ0n) is 35.4. The molecular formula is C46H48F4N10O5. The van der Waals surface area contributed by atoms with E-state index in [4.69, 9.17) is 5.11 Å². The predicted molar refractivity (Wildman–Crippen MR) is 238 cm³/mol. The van der Waals surface area contributed by atoms with Gasteiger partial charge in [-0.05, 0) is 97.8 Å². The van der Waals surface area contributed by atoms with Crippen LogP contribution in [-0.2, 0) is 0 Å². The summed E-state index contributed by atoms with van der Waals surface area (Å²) >= 11 is 0. The maximum absolute atomic E-state index is 12.7. The van der Waals surface area contributed by atoms with Crippen LogP contribution in [0.2, 0.25) is 0 Å². The smallest absolute Gasteiger partial charge is 0.387 e. The minimum atomic E-state index is -2.86. The Labute approximate surface area is 372 Å². The highest BCUT2D eigenvalue weighted by molar-refractivity contribution is 5.94. The van der Waals surface area contributed by atoms with Crippen molar-refractivity contribution in [1.29, 1.82) is 0 Å². The lowest BCUT2D eigenvalue weighted by Gasteiger charge is -2.32. The molecule has 2 aromatic heterocycles. The van der Waals surface area contributed by atoms with Crippen LogP contribution in [0.4, 0.5) is 40.8 Å². The number of carboxylic acids is 1. The van der Waals surface area contributed by atoms with Crippen LogP contribution in [0.25, 0.3) is 22.3 Å². The first kappa shape index (κ1) is 47.3. The highest BCUT2D eigenvalue weighted by Crippen LogP contribution is 2.25. The van der Waals surface area contributed by atoms with E-state index in [1.165, 1.54) is 36.4 Å². The highest BCUT2D eigenvalue weighted by Gasteiger charge is 2.21. The molecule has 1 amide bonds. The van der Waals surface area contributed by atoms with Gasteiger partial charge in [0.1, 0.15) is 11.5 Å². The molecule has 4 aromatic carbocycles. The van der Waals surface area contributed by atoms with Crippen LogP contribution < -0.4 is 36.1 Å². The highest BCUT2D eigenvalue weighted by atomic mass is 19.3. The summed E-state index contributed by atoms with van der Waals surface area (Å²) in [5.74, 6) is -0.0578. The number of halogens is 4. The molecule has 0 aliphatic carbocycles. The van der Waals surface area contributed by atoms with Crippen molar-refractivity contribution in [2.75, 3.05) is 49.9 Å². The maximum Gasteiger partial charge on any atom is 0.387 e. The Morgan fingerprint density at radius 2 is 1.06 bits per heavy atom. The first-order valence-corrected chi connectivity index (χ1v) is 20.6. The number of aromatic carboxylic acids is 1. The molecule has 2 aliphatic heterocycles. The molecule has 0 radical (unpaired) electrons. The van der Waals surface area contributed by atoms with Crippen molar-refractivity contribution in [2.45, 2.75) is 39.2 Å². The third kappa shape index (κ3) is 14.9. The molecule has 2 unspecified atom stereocenters. The molecule has 15 nitrogen and oxygen atoms in total. The van der Waals surface area contributed by atoms with E-state index in [2.05, 4.69) is 69.8 Å². The number of carbonyl (C=O) groups excluding carboxylic acids is 1. The number of carboxylic acid groups (broad SMARTS) is 1. The molecule has 2 atom stereocenters. The molecule has 0 saturated carbocycles. The molecule has 2 saturated heterocycles. The minimum Gasteiger partial charge on any atom is -0.478 e. The Hall–Kier alpha value is -7.22. The van der Waals surface area contributed by atoms with Crippen molar-refractivity contribution >= 4 is 35.1 Å². The number of anilines is 4. The number of piperazine rings is 2. The summed E-state index contributed by atoms with van der Waals surface area (Å²) in [5, 5.41) is 24.9. The molecule has 4 heterocycles. The lowest BCUT2D eigenvalue weighted by Crippen LogP contribution is -2.51. The maximum atomic E-state index is 12.7. The number of carbonyl (C=O) groups is 2. The molecule has 2 fully saturated rings. The van der Waals surface area contributed by atoms with Crippen LogP contribution in [0.15, 0.2) is 122 Å². The Morgan fingerprint density at radius 1 is 0.615 bits per heavy atom. The second-order valence-electron chi connectivity index (χ2n) is 14.8. The van der Waals surface area contributed by atoms with Gasteiger partial charge in [0.25, 0.3) is 5.91 Å². The summed E-state index contributed by atoms with van der Waals surface area (Å²) in [6.07, 6.45) is 6.46. The summed E-state index contributed by atoms with van der Waals surface area (Å²) < 4.78 is 57.5. The normalized spacial score (nSPS) is 15.7. The second kappa shape index (κ2) is 23.5. The fraction of sp³-hybridized carbons (Fsp3) is 0.261. The number of rotatable bonds is 12. The number of amides is 1. The zero-order valence-corrected chi connectivity index (χ0v) is 35.4. The Balaban J connectivity index is 0.000000190. The quantitative estimate of drug-likeness (QED) is 0.0657. The molecule has 0 spiro atoms. The van der Waals surface area contributed by atoms with Gasteiger partial charge < -0.3 is 46.1 Å². The first-order valence-electron chi connectivity index (χ1n) is 20.6. The fourth-order valence-electron chi connectivity index (χ4n) is 6.49. The van der Waals surface area contributed by atoms with Gasteiger partial charge in [-0.3, -0.25) is 4.79 Å². The van der Waals surface area contributed by atoms with Crippen molar-refractivity contribution in [3.05, 3.63) is 133 Å². The lowest BCUT2D eigenvalue weighted by molar-refractivity contribution is -0.0505. The number of nitrogens with one attached hydrogen (secondary N) is 5. The molecule has 8 rings (SSSR count). The number of nitrogens with zero attached hydrogens (tertiary/aromatic N) is 5. The summed E-state index contributed by atoms with van der Waals surface area (Å²) in [7, 11) is 0. The summed E-state index contributed by atoms with van der Waals surface area (Å²) in [5.41, 5.74) is 5.22. The van der Waals surface area contributed by atoms with Gasteiger partial charge in [-0.1, -0.05) is 24.3 Å². The zero-order chi connectivity index (χ0) is 46.1. The van der Waals surface area contributed by atoms with Gasteiger partial charge in [0.2, 0.25) is 11.9 Å². The van der Waals surface area contributed by atoms with E-state index in [-0.39, 0.29) is 29.0 Å². The molecule has 340 valence electrons. The Bertz CT molecular complexity index is 2390. The summed E-state index contributed by atoms with van der Waals surface area (Å²) in [6.45, 7) is 4.11. The number of hydrogen-bond donors (Lipinski definition) is 6. The number of benzene rings is 4. The van der Waals surface area contributed by atoms with Crippen molar-refractivity contribution in [3.63, 3.8) is 0 Å². The lowest BCUT2D eigenvalue weighted by atomic mass is 10.1. The van der Waals surface area contributed by atoms with E-state index in [1.807, 2.05) is 17.0 Å². The van der Waals surface area contributed by atoms with Gasteiger partial charge in [-0.2, -0.15) is 17.6 Å². The third-order valence-corrected chi connectivity index (χ3v) is 9.81. The van der Waals surface area contributed by atoms with Gasteiger partial charge in [-0.15, -0.1) is 0 Å². The van der Waals surface area contributed by atoms with Crippen LogP contribution >= 0.6 is 0 Å². The topological polar surface area (TPSA) is 188 Å². The van der Waals surface area contributed by atoms with Crippen LogP contribution in [-0.4, -0.2) is 106 Å². The Morgan fingerprint density at radius 3 is 1.43 bits per heavy atom. The van der Waals surface area contributed by atoms with Crippen molar-refractivity contribution in [1.82, 2.24) is 40.8 Å². The van der Waals surface area contributed by atoms with Crippen molar-refractivity contribution in [3.8, 4) is 33.8 Å². The molecule has 6 aromatic rings. The number of hydrogen-bond acceptors (Lipinski definition) is 13. The van der Waals surface area contributed by atoms with Gasteiger partial charge >= 0.3 is 19.2 Å². The molecular weight excluding hydrogens is 849 g/mol. The first-order chi connectivity index (χ1) is 31.4. The number of aromatic nitrogens is 4. The number of alkyl halides is 4. The number of ether oxygens (including phenoxy) is 2.